The summed E-state index contributed by atoms with van der Waals surface area (Å²) in [5, 5.41) is 11.9. The molecular weight excluding hydrogens is 226 g/mol. The minimum absolute atomic E-state index is 0.584. The molecule has 0 spiro atoms. The molecule has 2 aromatic heterocycles. The van der Waals surface area contributed by atoms with E-state index in [2.05, 4.69) is 19.9 Å². The van der Waals surface area contributed by atoms with Crippen molar-refractivity contribution in [1.29, 1.82) is 5.26 Å². The zero-order valence-corrected chi connectivity index (χ0v) is 10.1. The number of nitriles is 1. The molecule has 5 nitrogen and oxygen atoms in total. The van der Waals surface area contributed by atoms with E-state index in [1.54, 1.807) is 18.5 Å². The van der Waals surface area contributed by atoms with Crippen LogP contribution in [0.2, 0.25) is 0 Å². The molecule has 0 atom stereocenters. The van der Waals surface area contributed by atoms with Gasteiger partial charge in [-0.05, 0) is 25.0 Å². The van der Waals surface area contributed by atoms with Gasteiger partial charge < -0.3 is 9.88 Å². The lowest BCUT2D eigenvalue weighted by Crippen LogP contribution is -2.04. The van der Waals surface area contributed by atoms with Crippen LogP contribution in [0.25, 0.3) is 0 Å². The van der Waals surface area contributed by atoms with Crippen molar-refractivity contribution in [2.45, 2.75) is 19.4 Å². The van der Waals surface area contributed by atoms with Crippen LogP contribution in [0.3, 0.4) is 0 Å². The smallest absolute Gasteiger partial charge is 0.125 e. The normalized spacial score (nSPS) is 9.94. The number of nitrogens with one attached hydrogen (secondary N) is 1. The number of hydrogen-bond acceptors (Lipinski definition) is 4. The molecule has 2 rings (SSSR count). The number of aromatic nitrogens is 3. The summed E-state index contributed by atoms with van der Waals surface area (Å²) in [4.78, 5) is 8.14. The zero-order valence-electron chi connectivity index (χ0n) is 10.1. The number of pyridine rings is 1. The van der Waals surface area contributed by atoms with Crippen molar-refractivity contribution in [3.05, 3.63) is 42.6 Å². The summed E-state index contributed by atoms with van der Waals surface area (Å²) in [7, 11) is 0. The average Bonchev–Trinajstić information content (AvgIpc) is 2.92. The number of aryl methyl sites for hydroxylation is 1. The minimum atomic E-state index is 0.584. The van der Waals surface area contributed by atoms with E-state index in [1.165, 1.54) is 0 Å². The number of hydrogen-bond donors (Lipinski definition) is 1. The van der Waals surface area contributed by atoms with Crippen molar-refractivity contribution in [3.63, 3.8) is 0 Å². The molecule has 2 heterocycles. The third-order valence-corrected chi connectivity index (χ3v) is 2.60. The van der Waals surface area contributed by atoms with Crippen LogP contribution in [0.1, 0.15) is 18.4 Å². The van der Waals surface area contributed by atoms with Gasteiger partial charge in [-0.2, -0.15) is 5.26 Å². The van der Waals surface area contributed by atoms with Crippen LogP contribution >= 0.6 is 0 Å². The summed E-state index contributed by atoms with van der Waals surface area (Å²) in [5.74, 6) is 0.816. The van der Waals surface area contributed by atoms with Gasteiger partial charge in [0.2, 0.25) is 0 Å². The summed E-state index contributed by atoms with van der Waals surface area (Å²) < 4.78 is 2.07. The molecule has 0 saturated carbocycles. The first-order valence-electron chi connectivity index (χ1n) is 5.94. The first-order chi connectivity index (χ1) is 8.88. The highest BCUT2D eigenvalue weighted by Crippen LogP contribution is 2.04. The molecule has 2 aromatic rings. The highest BCUT2D eigenvalue weighted by Gasteiger charge is 1.95. The van der Waals surface area contributed by atoms with Crippen LogP contribution in [0.5, 0.6) is 0 Å². The zero-order chi connectivity index (χ0) is 12.6. The second-order valence-electron chi connectivity index (χ2n) is 3.98. The number of nitrogens with zero attached hydrogens (tertiary/aromatic N) is 4. The van der Waals surface area contributed by atoms with E-state index >= 15 is 0 Å². The Hall–Kier alpha value is -2.35. The van der Waals surface area contributed by atoms with Crippen molar-refractivity contribution in [1.82, 2.24) is 14.5 Å². The van der Waals surface area contributed by atoms with E-state index in [1.807, 2.05) is 24.7 Å². The lowest BCUT2D eigenvalue weighted by Gasteiger charge is -2.05. The van der Waals surface area contributed by atoms with Gasteiger partial charge in [-0.1, -0.05) is 0 Å². The fraction of sp³-hybridized carbons (Fsp3) is 0.308. The summed E-state index contributed by atoms with van der Waals surface area (Å²) in [5.41, 5.74) is 0.584. The largest absolute Gasteiger partial charge is 0.370 e. The second-order valence-corrected chi connectivity index (χ2v) is 3.98. The Morgan fingerprint density at radius 2 is 2.28 bits per heavy atom. The molecule has 0 bridgehead atoms. The van der Waals surface area contributed by atoms with Gasteiger partial charge in [-0.25, -0.2) is 9.97 Å². The van der Waals surface area contributed by atoms with E-state index < -0.39 is 0 Å². The monoisotopic (exact) mass is 241 g/mol. The van der Waals surface area contributed by atoms with Gasteiger partial charge in [0, 0.05) is 31.7 Å². The van der Waals surface area contributed by atoms with Crippen molar-refractivity contribution in [2.75, 3.05) is 11.9 Å². The molecule has 0 aliphatic carbocycles. The molecule has 18 heavy (non-hydrogen) atoms. The molecule has 0 saturated heterocycles. The van der Waals surface area contributed by atoms with E-state index in [9.17, 15) is 0 Å². The van der Waals surface area contributed by atoms with Crippen molar-refractivity contribution in [2.24, 2.45) is 0 Å². The van der Waals surface area contributed by atoms with E-state index in [-0.39, 0.29) is 0 Å². The van der Waals surface area contributed by atoms with Crippen LogP contribution in [-0.4, -0.2) is 21.1 Å². The van der Waals surface area contributed by atoms with Crippen molar-refractivity contribution < 1.29 is 0 Å². The first-order valence-corrected chi connectivity index (χ1v) is 5.94. The Morgan fingerprint density at radius 1 is 1.33 bits per heavy atom. The van der Waals surface area contributed by atoms with Gasteiger partial charge in [0.15, 0.2) is 0 Å². The van der Waals surface area contributed by atoms with Crippen LogP contribution in [0.15, 0.2) is 37.1 Å². The van der Waals surface area contributed by atoms with Crippen LogP contribution in [0.4, 0.5) is 5.82 Å². The Kier molecular flexibility index (Phi) is 4.31. The Balaban J connectivity index is 1.64. The molecule has 0 radical (unpaired) electrons. The highest BCUT2D eigenvalue weighted by atomic mass is 15.0. The first kappa shape index (κ1) is 12.1. The van der Waals surface area contributed by atoms with Gasteiger partial charge in [0.05, 0.1) is 11.9 Å². The maximum atomic E-state index is 8.65. The fourth-order valence-corrected chi connectivity index (χ4v) is 1.62. The lowest BCUT2D eigenvalue weighted by molar-refractivity contribution is 0.620. The number of unbranched alkanes of at least 4 members (excludes halogenated alkanes) is 1. The van der Waals surface area contributed by atoms with Gasteiger partial charge in [0.25, 0.3) is 0 Å². The minimum Gasteiger partial charge on any atom is -0.370 e. The molecule has 92 valence electrons. The number of anilines is 1. The fourth-order valence-electron chi connectivity index (χ4n) is 1.62. The standard InChI is InChI=1S/C13H15N5/c14-9-12-3-4-13(17-10-12)16-5-1-2-7-18-8-6-15-11-18/h3-4,6,8,10-11H,1-2,5,7H2,(H,16,17). The topological polar surface area (TPSA) is 66.5 Å². The van der Waals surface area contributed by atoms with E-state index in [0.717, 1.165) is 31.7 Å². The molecule has 5 heteroatoms. The molecular formula is C13H15N5. The maximum Gasteiger partial charge on any atom is 0.125 e. The molecule has 0 fully saturated rings. The Morgan fingerprint density at radius 3 is 2.94 bits per heavy atom. The van der Waals surface area contributed by atoms with Gasteiger partial charge in [-0.15, -0.1) is 0 Å². The van der Waals surface area contributed by atoms with Crippen LogP contribution < -0.4 is 5.32 Å². The molecule has 0 unspecified atom stereocenters. The van der Waals surface area contributed by atoms with E-state index in [0.29, 0.717) is 5.56 Å². The summed E-state index contributed by atoms with van der Waals surface area (Å²) >= 11 is 0. The lowest BCUT2D eigenvalue weighted by atomic mass is 10.3. The average molecular weight is 241 g/mol. The Bertz CT molecular complexity index is 495. The molecule has 0 aliphatic heterocycles. The molecule has 0 amide bonds. The van der Waals surface area contributed by atoms with Gasteiger partial charge in [-0.3, -0.25) is 0 Å². The van der Waals surface area contributed by atoms with Crippen molar-refractivity contribution >= 4 is 5.82 Å². The third-order valence-electron chi connectivity index (χ3n) is 2.60. The van der Waals surface area contributed by atoms with Gasteiger partial charge >= 0.3 is 0 Å². The summed E-state index contributed by atoms with van der Waals surface area (Å²) in [6.07, 6.45) is 9.33. The number of rotatable bonds is 6. The maximum absolute atomic E-state index is 8.65. The van der Waals surface area contributed by atoms with Gasteiger partial charge in [0.1, 0.15) is 11.9 Å². The number of imidazole rings is 1. The highest BCUT2D eigenvalue weighted by molar-refractivity contribution is 5.38. The second kappa shape index (κ2) is 6.40. The van der Waals surface area contributed by atoms with Crippen LogP contribution in [0, 0.1) is 11.3 Å². The summed E-state index contributed by atoms with van der Waals surface area (Å²) in [6.45, 7) is 1.87. The van der Waals surface area contributed by atoms with Crippen molar-refractivity contribution in [3.8, 4) is 6.07 Å². The third kappa shape index (κ3) is 3.59. The molecule has 0 aromatic carbocycles. The quantitative estimate of drug-likeness (QED) is 0.786. The van der Waals surface area contributed by atoms with E-state index in [4.69, 9.17) is 5.26 Å². The molecule has 0 aliphatic rings. The predicted molar refractivity (Wildman–Crippen MR) is 68.9 cm³/mol. The molecule has 1 N–H and O–H groups in total. The SMILES string of the molecule is N#Cc1ccc(NCCCCn2ccnc2)nc1. The summed E-state index contributed by atoms with van der Waals surface area (Å²) in [6, 6.07) is 5.64. The Labute approximate surface area is 106 Å². The predicted octanol–water partition coefficient (Wildman–Crippen LogP) is 2.04. The van der Waals surface area contributed by atoms with Crippen LogP contribution in [-0.2, 0) is 6.54 Å².